The first-order chi connectivity index (χ1) is 13.4. The summed E-state index contributed by atoms with van der Waals surface area (Å²) >= 11 is 6.08. The minimum atomic E-state index is -0.0912. The van der Waals surface area contributed by atoms with Crippen LogP contribution in [0.2, 0.25) is 5.02 Å². The van der Waals surface area contributed by atoms with E-state index in [0.717, 1.165) is 24.3 Å². The maximum atomic E-state index is 12.7. The van der Waals surface area contributed by atoms with Gasteiger partial charge < -0.3 is 14.7 Å². The smallest absolute Gasteiger partial charge is 0.242 e. The van der Waals surface area contributed by atoms with Gasteiger partial charge in [-0.25, -0.2) is 0 Å². The minimum Gasteiger partial charge on any atom is -0.368 e. The maximum absolute atomic E-state index is 12.7. The highest BCUT2D eigenvalue weighted by Crippen LogP contribution is 2.21. The molecule has 6 heteroatoms. The monoisotopic (exact) mass is 399 g/mol. The number of nitrogens with zero attached hydrogens (tertiary/aromatic N) is 3. The first-order valence-electron chi connectivity index (χ1n) is 9.52. The van der Waals surface area contributed by atoms with E-state index in [0.29, 0.717) is 24.7 Å². The van der Waals surface area contributed by atoms with Gasteiger partial charge in [0.25, 0.3) is 0 Å². The molecule has 0 aromatic heterocycles. The minimum absolute atomic E-state index is 0.00643. The van der Waals surface area contributed by atoms with E-state index in [1.165, 1.54) is 12.5 Å². The lowest BCUT2D eigenvalue weighted by atomic mass is 10.1. The number of aryl methyl sites for hydroxylation is 1. The Morgan fingerprint density at radius 1 is 1.04 bits per heavy atom. The van der Waals surface area contributed by atoms with Crippen molar-refractivity contribution in [2.24, 2.45) is 0 Å². The number of carbonyl (C=O) groups excluding carboxylic acids is 2. The van der Waals surface area contributed by atoms with Crippen molar-refractivity contribution in [1.82, 2.24) is 9.80 Å². The van der Waals surface area contributed by atoms with E-state index >= 15 is 0 Å². The van der Waals surface area contributed by atoms with Crippen molar-refractivity contribution in [3.63, 3.8) is 0 Å². The van der Waals surface area contributed by atoms with E-state index in [1.807, 2.05) is 60.4 Å². The SMILES string of the molecule is CC(=O)N(CC(=O)N1CCN(c2cccc(Cl)c2)CC1)Cc1ccc(C)cc1. The van der Waals surface area contributed by atoms with Crippen LogP contribution >= 0.6 is 11.6 Å². The highest BCUT2D eigenvalue weighted by atomic mass is 35.5. The molecule has 0 N–H and O–H groups in total. The number of hydrogen-bond donors (Lipinski definition) is 0. The number of benzene rings is 2. The van der Waals surface area contributed by atoms with Gasteiger partial charge in [0.2, 0.25) is 11.8 Å². The zero-order valence-corrected chi connectivity index (χ0v) is 17.2. The Kier molecular flexibility index (Phi) is 6.57. The molecule has 0 aliphatic carbocycles. The summed E-state index contributed by atoms with van der Waals surface area (Å²) < 4.78 is 0. The van der Waals surface area contributed by atoms with Gasteiger partial charge in [-0.15, -0.1) is 0 Å². The molecule has 1 heterocycles. The Labute approximate surface area is 171 Å². The molecule has 1 aliphatic rings. The second-order valence-corrected chi connectivity index (χ2v) is 7.64. The fourth-order valence-corrected chi connectivity index (χ4v) is 3.53. The van der Waals surface area contributed by atoms with Crippen LogP contribution in [0.1, 0.15) is 18.1 Å². The molecule has 148 valence electrons. The van der Waals surface area contributed by atoms with Crippen LogP contribution in [-0.4, -0.2) is 54.3 Å². The number of hydrogen-bond acceptors (Lipinski definition) is 3. The fourth-order valence-electron chi connectivity index (χ4n) is 3.34. The summed E-state index contributed by atoms with van der Waals surface area (Å²) in [6, 6.07) is 15.8. The molecule has 0 saturated carbocycles. The third-order valence-electron chi connectivity index (χ3n) is 5.07. The molecular formula is C22H26ClN3O2. The van der Waals surface area contributed by atoms with Crippen molar-refractivity contribution in [1.29, 1.82) is 0 Å². The lowest BCUT2D eigenvalue weighted by Crippen LogP contribution is -2.51. The molecule has 1 saturated heterocycles. The highest BCUT2D eigenvalue weighted by Gasteiger charge is 2.24. The lowest BCUT2D eigenvalue weighted by Gasteiger charge is -2.37. The summed E-state index contributed by atoms with van der Waals surface area (Å²) in [4.78, 5) is 30.5. The molecule has 0 atom stereocenters. The van der Waals surface area contributed by atoms with Crippen molar-refractivity contribution in [2.75, 3.05) is 37.6 Å². The second kappa shape index (κ2) is 9.11. The average Bonchev–Trinajstić information content (AvgIpc) is 2.69. The van der Waals surface area contributed by atoms with Gasteiger partial charge in [-0.05, 0) is 30.7 Å². The second-order valence-electron chi connectivity index (χ2n) is 7.21. The fraction of sp³-hybridized carbons (Fsp3) is 0.364. The molecule has 0 unspecified atom stereocenters. The van der Waals surface area contributed by atoms with Gasteiger partial charge in [0.15, 0.2) is 0 Å². The molecule has 2 amide bonds. The molecule has 3 rings (SSSR count). The van der Waals surface area contributed by atoms with Crippen LogP contribution in [0.3, 0.4) is 0 Å². The van der Waals surface area contributed by atoms with Gasteiger partial charge in [-0.1, -0.05) is 47.5 Å². The summed E-state index contributed by atoms with van der Waals surface area (Å²) in [6.07, 6.45) is 0. The molecule has 2 aromatic carbocycles. The van der Waals surface area contributed by atoms with Gasteiger partial charge >= 0.3 is 0 Å². The van der Waals surface area contributed by atoms with E-state index in [9.17, 15) is 9.59 Å². The van der Waals surface area contributed by atoms with Gasteiger partial charge in [-0.3, -0.25) is 9.59 Å². The standard InChI is InChI=1S/C22H26ClN3O2/c1-17-6-8-19(9-7-17)15-26(18(2)27)16-22(28)25-12-10-24(11-13-25)21-5-3-4-20(23)14-21/h3-9,14H,10-13,15-16H2,1-2H3. The van der Waals surface area contributed by atoms with Crippen LogP contribution in [-0.2, 0) is 16.1 Å². The van der Waals surface area contributed by atoms with Crippen LogP contribution in [0.15, 0.2) is 48.5 Å². The summed E-state index contributed by atoms with van der Waals surface area (Å²) in [5.74, 6) is -0.0976. The Hall–Kier alpha value is -2.53. The number of carbonyl (C=O) groups is 2. The topological polar surface area (TPSA) is 43.9 Å². The predicted octanol–water partition coefficient (Wildman–Crippen LogP) is 3.35. The van der Waals surface area contributed by atoms with Gasteiger partial charge in [0.05, 0.1) is 0 Å². The van der Waals surface area contributed by atoms with Crippen molar-refractivity contribution in [3.05, 3.63) is 64.7 Å². The molecule has 0 radical (unpaired) electrons. The predicted molar refractivity (Wildman–Crippen MR) is 113 cm³/mol. The number of anilines is 1. The zero-order chi connectivity index (χ0) is 20.1. The van der Waals surface area contributed by atoms with Gasteiger partial charge in [0.1, 0.15) is 6.54 Å². The number of rotatable bonds is 5. The van der Waals surface area contributed by atoms with E-state index in [-0.39, 0.29) is 18.4 Å². The molecule has 1 fully saturated rings. The van der Waals surface area contributed by atoms with Gasteiger partial charge in [0, 0.05) is 50.4 Å². The average molecular weight is 400 g/mol. The molecule has 2 aromatic rings. The summed E-state index contributed by atoms with van der Waals surface area (Å²) in [6.45, 7) is 6.89. The number of piperazine rings is 1. The third kappa shape index (κ3) is 5.26. The van der Waals surface area contributed by atoms with Crippen LogP contribution in [0.25, 0.3) is 0 Å². The van der Waals surface area contributed by atoms with E-state index in [4.69, 9.17) is 11.6 Å². The first kappa shape index (κ1) is 20.2. The molecule has 0 bridgehead atoms. The lowest BCUT2D eigenvalue weighted by molar-refractivity contribution is -0.140. The molecule has 28 heavy (non-hydrogen) atoms. The Morgan fingerprint density at radius 3 is 2.32 bits per heavy atom. The zero-order valence-electron chi connectivity index (χ0n) is 16.4. The quantitative estimate of drug-likeness (QED) is 0.774. The van der Waals surface area contributed by atoms with E-state index < -0.39 is 0 Å². The Morgan fingerprint density at radius 2 is 1.71 bits per heavy atom. The summed E-state index contributed by atoms with van der Waals surface area (Å²) in [5, 5.41) is 0.712. The molecular weight excluding hydrogens is 374 g/mol. The maximum Gasteiger partial charge on any atom is 0.242 e. The van der Waals surface area contributed by atoms with Crippen LogP contribution in [0.5, 0.6) is 0 Å². The normalized spacial score (nSPS) is 14.1. The molecule has 0 spiro atoms. The molecule has 5 nitrogen and oxygen atoms in total. The van der Waals surface area contributed by atoms with E-state index in [2.05, 4.69) is 4.90 Å². The van der Waals surface area contributed by atoms with Crippen molar-refractivity contribution in [3.8, 4) is 0 Å². The Balaban J connectivity index is 1.56. The first-order valence-corrected chi connectivity index (χ1v) is 9.89. The van der Waals surface area contributed by atoms with Crippen LogP contribution in [0.4, 0.5) is 5.69 Å². The van der Waals surface area contributed by atoms with Gasteiger partial charge in [-0.2, -0.15) is 0 Å². The van der Waals surface area contributed by atoms with Crippen molar-refractivity contribution in [2.45, 2.75) is 20.4 Å². The van der Waals surface area contributed by atoms with Crippen LogP contribution in [0, 0.1) is 6.92 Å². The summed E-state index contributed by atoms with van der Waals surface area (Å²) in [5.41, 5.74) is 3.27. The van der Waals surface area contributed by atoms with Crippen molar-refractivity contribution >= 4 is 29.1 Å². The van der Waals surface area contributed by atoms with E-state index in [1.54, 1.807) is 4.90 Å². The van der Waals surface area contributed by atoms with Crippen molar-refractivity contribution < 1.29 is 9.59 Å². The molecule has 1 aliphatic heterocycles. The summed E-state index contributed by atoms with van der Waals surface area (Å²) in [7, 11) is 0. The highest BCUT2D eigenvalue weighted by molar-refractivity contribution is 6.30. The number of halogens is 1. The largest absolute Gasteiger partial charge is 0.368 e. The Bertz CT molecular complexity index is 830. The van der Waals surface area contributed by atoms with Crippen LogP contribution < -0.4 is 4.90 Å². The third-order valence-corrected chi connectivity index (χ3v) is 5.31. The number of amides is 2.